The van der Waals surface area contributed by atoms with Crippen LogP contribution in [0.2, 0.25) is 0 Å². The molecule has 2 aromatic rings. The average molecular weight is 308 g/mol. The Bertz CT molecular complexity index is 630. The Hall–Kier alpha value is -1.88. The number of esters is 1. The zero-order chi connectivity index (χ0) is 15.2. The summed E-state index contributed by atoms with van der Waals surface area (Å²) >= 11 is 1.21. The molecule has 0 bridgehead atoms. The number of rotatable bonds is 5. The van der Waals surface area contributed by atoms with Crippen LogP contribution in [0, 0.1) is 11.6 Å². The molecule has 0 N–H and O–H groups in total. The predicted octanol–water partition coefficient (Wildman–Crippen LogP) is 4.32. The quantitative estimate of drug-likeness (QED) is 0.608. The molecule has 0 radical (unpaired) electrons. The largest absolute Gasteiger partial charge is 0.461 e. The molecule has 110 valence electrons. The smallest absolute Gasteiger partial charge is 0.302 e. The van der Waals surface area contributed by atoms with E-state index >= 15 is 0 Å². The van der Waals surface area contributed by atoms with Crippen LogP contribution in [0.5, 0.6) is 0 Å². The Labute approximate surface area is 126 Å². The van der Waals surface area contributed by atoms with Crippen LogP contribution >= 0.6 is 11.8 Å². The summed E-state index contributed by atoms with van der Waals surface area (Å²) < 4.78 is 32.5. The van der Waals surface area contributed by atoms with Crippen molar-refractivity contribution < 1.29 is 18.3 Å². The molecule has 0 saturated carbocycles. The number of halogens is 2. The van der Waals surface area contributed by atoms with Gasteiger partial charge < -0.3 is 4.74 Å². The van der Waals surface area contributed by atoms with E-state index in [9.17, 15) is 13.6 Å². The number of hydrogen-bond acceptors (Lipinski definition) is 3. The maximum absolute atomic E-state index is 14.2. The molecule has 0 unspecified atom stereocenters. The zero-order valence-corrected chi connectivity index (χ0v) is 12.3. The maximum atomic E-state index is 14.2. The Morgan fingerprint density at radius 1 is 1.19 bits per heavy atom. The van der Waals surface area contributed by atoms with Crippen molar-refractivity contribution in [3.8, 4) is 0 Å². The Morgan fingerprint density at radius 2 is 1.90 bits per heavy atom. The van der Waals surface area contributed by atoms with Crippen LogP contribution in [0.1, 0.15) is 18.1 Å². The van der Waals surface area contributed by atoms with Crippen molar-refractivity contribution in [3.63, 3.8) is 0 Å². The number of thioether (sulfide) groups is 1. The van der Waals surface area contributed by atoms with Gasteiger partial charge in [0.15, 0.2) is 0 Å². The van der Waals surface area contributed by atoms with Crippen LogP contribution in [0.4, 0.5) is 8.78 Å². The molecule has 5 heteroatoms. The Morgan fingerprint density at radius 3 is 2.57 bits per heavy atom. The van der Waals surface area contributed by atoms with E-state index in [2.05, 4.69) is 0 Å². The summed E-state index contributed by atoms with van der Waals surface area (Å²) in [5.41, 5.74) is 1.06. The van der Waals surface area contributed by atoms with Crippen LogP contribution in [-0.4, -0.2) is 5.97 Å². The first kappa shape index (κ1) is 15.5. The zero-order valence-electron chi connectivity index (χ0n) is 11.4. The fourth-order valence-electron chi connectivity index (χ4n) is 1.74. The summed E-state index contributed by atoms with van der Waals surface area (Å²) in [6, 6.07) is 11.7. The molecule has 0 heterocycles. The lowest BCUT2D eigenvalue weighted by Gasteiger charge is -2.09. The third kappa shape index (κ3) is 4.56. The van der Waals surface area contributed by atoms with Gasteiger partial charge in [-0.15, -0.1) is 11.8 Å². The van der Waals surface area contributed by atoms with E-state index in [1.807, 2.05) is 30.3 Å². The molecular formula is C16H14F2O2S. The van der Waals surface area contributed by atoms with Gasteiger partial charge in [-0.2, -0.15) is 0 Å². The van der Waals surface area contributed by atoms with Crippen molar-refractivity contribution in [1.29, 1.82) is 0 Å². The highest BCUT2D eigenvalue weighted by molar-refractivity contribution is 7.98. The molecule has 0 atom stereocenters. The van der Waals surface area contributed by atoms with E-state index < -0.39 is 17.6 Å². The topological polar surface area (TPSA) is 26.3 Å². The molecule has 2 aromatic carbocycles. The van der Waals surface area contributed by atoms with Gasteiger partial charge in [0.1, 0.15) is 18.2 Å². The standard InChI is InChI=1S/C16H14F2O2S/c1-11(19)20-9-13-7-14(17)8-15(16(13)18)21-10-12-5-3-2-4-6-12/h2-8H,9-10H2,1H3. The highest BCUT2D eigenvalue weighted by Gasteiger charge is 2.13. The monoisotopic (exact) mass is 308 g/mol. The van der Waals surface area contributed by atoms with Crippen molar-refractivity contribution in [2.24, 2.45) is 0 Å². The molecule has 2 rings (SSSR count). The molecule has 0 saturated heterocycles. The molecule has 0 aliphatic carbocycles. The molecular weight excluding hydrogens is 294 g/mol. The summed E-state index contributed by atoms with van der Waals surface area (Å²) in [4.78, 5) is 11.0. The van der Waals surface area contributed by atoms with E-state index in [0.29, 0.717) is 5.75 Å². The summed E-state index contributed by atoms with van der Waals surface area (Å²) in [7, 11) is 0. The highest BCUT2D eigenvalue weighted by atomic mass is 32.2. The molecule has 0 fully saturated rings. The lowest BCUT2D eigenvalue weighted by molar-refractivity contribution is -0.142. The lowest BCUT2D eigenvalue weighted by Crippen LogP contribution is -2.02. The van der Waals surface area contributed by atoms with Gasteiger partial charge in [-0.3, -0.25) is 4.79 Å². The minimum absolute atomic E-state index is 0.0424. The Balaban J connectivity index is 2.13. The Kier molecular flexibility index (Phi) is 5.33. The second kappa shape index (κ2) is 7.22. The second-order valence-electron chi connectivity index (χ2n) is 4.43. The molecule has 0 spiro atoms. The first-order valence-corrected chi connectivity index (χ1v) is 7.33. The van der Waals surface area contributed by atoms with E-state index in [4.69, 9.17) is 4.74 Å². The number of carbonyl (C=O) groups is 1. The minimum Gasteiger partial charge on any atom is -0.461 e. The van der Waals surface area contributed by atoms with Crippen LogP contribution in [0.15, 0.2) is 47.4 Å². The fourth-order valence-corrected chi connectivity index (χ4v) is 2.71. The molecule has 0 amide bonds. The number of benzene rings is 2. The first-order valence-electron chi connectivity index (χ1n) is 6.34. The normalized spacial score (nSPS) is 10.4. The molecule has 0 aromatic heterocycles. The van der Waals surface area contributed by atoms with Crippen molar-refractivity contribution in [1.82, 2.24) is 0 Å². The first-order chi connectivity index (χ1) is 10.1. The average Bonchev–Trinajstić information content (AvgIpc) is 2.47. The maximum Gasteiger partial charge on any atom is 0.302 e. The van der Waals surface area contributed by atoms with Gasteiger partial charge >= 0.3 is 5.97 Å². The SMILES string of the molecule is CC(=O)OCc1cc(F)cc(SCc2ccccc2)c1F. The van der Waals surface area contributed by atoms with E-state index in [1.54, 1.807) is 0 Å². The van der Waals surface area contributed by atoms with Gasteiger partial charge in [0.05, 0.1) is 0 Å². The van der Waals surface area contributed by atoms with Crippen molar-refractivity contribution in [3.05, 3.63) is 65.2 Å². The molecule has 21 heavy (non-hydrogen) atoms. The van der Waals surface area contributed by atoms with Crippen molar-refractivity contribution >= 4 is 17.7 Å². The van der Waals surface area contributed by atoms with Crippen molar-refractivity contribution in [2.45, 2.75) is 24.2 Å². The summed E-state index contributed by atoms with van der Waals surface area (Å²) in [6.45, 7) is 0.958. The molecule has 0 aliphatic rings. The van der Waals surface area contributed by atoms with Gasteiger partial charge in [0, 0.05) is 23.1 Å². The summed E-state index contributed by atoms with van der Waals surface area (Å²) in [6.07, 6.45) is 0. The second-order valence-corrected chi connectivity index (χ2v) is 5.45. The van der Waals surface area contributed by atoms with Gasteiger partial charge in [-0.05, 0) is 17.7 Å². The van der Waals surface area contributed by atoms with Crippen LogP contribution in [0.3, 0.4) is 0 Å². The fraction of sp³-hybridized carbons (Fsp3) is 0.188. The van der Waals surface area contributed by atoms with Gasteiger partial charge in [-0.1, -0.05) is 30.3 Å². The summed E-state index contributed by atoms with van der Waals surface area (Å²) in [5.74, 6) is -1.08. The third-order valence-electron chi connectivity index (χ3n) is 2.75. The van der Waals surface area contributed by atoms with E-state index in [0.717, 1.165) is 17.7 Å². The van der Waals surface area contributed by atoms with Gasteiger partial charge in [0.25, 0.3) is 0 Å². The van der Waals surface area contributed by atoms with E-state index in [1.165, 1.54) is 18.7 Å². The number of carbonyl (C=O) groups excluding carboxylic acids is 1. The van der Waals surface area contributed by atoms with Gasteiger partial charge in [-0.25, -0.2) is 8.78 Å². The number of ether oxygens (including phenoxy) is 1. The van der Waals surface area contributed by atoms with Crippen LogP contribution in [-0.2, 0) is 21.9 Å². The van der Waals surface area contributed by atoms with E-state index in [-0.39, 0.29) is 17.1 Å². The molecule has 0 aliphatic heterocycles. The van der Waals surface area contributed by atoms with Crippen LogP contribution < -0.4 is 0 Å². The number of hydrogen-bond donors (Lipinski definition) is 0. The van der Waals surface area contributed by atoms with Gasteiger partial charge in [0.2, 0.25) is 0 Å². The molecule has 2 nitrogen and oxygen atoms in total. The van der Waals surface area contributed by atoms with Crippen molar-refractivity contribution in [2.75, 3.05) is 0 Å². The predicted molar refractivity (Wildman–Crippen MR) is 77.8 cm³/mol. The van der Waals surface area contributed by atoms with Crippen LogP contribution in [0.25, 0.3) is 0 Å². The summed E-state index contributed by atoms with van der Waals surface area (Å²) in [5, 5.41) is 0. The lowest BCUT2D eigenvalue weighted by atomic mass is 10.2. The third-order valence-corrected chi connectivity index (χ3v) is 3.83. The minimum atomic E-state index is -0.547. The highest BCUT2D eigenvalue weighted by Crippen LogP contribution is 2.28.